The lowest BCUT2D eigenvalue weighted by atomic mass is 10.1. The van der Waals surface area contributed by atoms with E-state index in [1.807, 2.05) is 0 Å². The van der Waals surface area contributed by atoms with Crippen molar-refractivity contribution >= 4 is 34.8 Å². The van der Waals surface area contributed by atoms with E-state index >= 15 is 0 Å². The van der Waals surface area contributed by atoms with Crippen LogP contribution in [-0.4, -0.2) is 18.4 Å². The van der Waals surface area contributed by atoms with Gasteiger partial charge in [-0.3, -0.25) is 9.59 Å². The fraction of sp³-hybridized carbons (Fsp3) is 0.0667. The molecule has 2 aromatic rings. The predicted octanol–water partition coefficient (Wildman–Crippen LogP) is 2.63. The molecule has 5 nitrogen and oxygen atoms in total. The molecule has 0 atom stereocenters. The van der Waals surface area contributed by atoms with Gasteiger partial charge in [-0.15, -0.1) is 0 Å². The summed E-state index contributed by atoms with van der Waals surface area (Å²) in [6, 6.07) is 10.5. The van der Waals surface area contributed by atoms with Crippen molar-refractivity contribution in [1.29, 1.82) is 0 Å². The van der Waals surface area contributed by atoms with Crippen LogP contribution in [0.15, 0.2) is 42.5 Å². The number of carbonyl (C=O) groups excluding carboxylic acids is 2. The van der Waals surface area contributed by atoms with E-state index in [-0.39, 0.29) is 23.0 Å². The van der Waals surface area contributed by atoms with Crippen LogP contribution in [0.2, 0.25) is 5.02 Å². The van der Waals surface area contributed by atoms with Crippen molar-refractivity contribution in [3.8, 4) is 0 Å². The van der Waals surface area contributed by atoms with Crippen LogP contribution < -0.4 is 16.4 Å². The average molecular weight is 322 g/mol. The summed E-state index contributed by atoms with van der Waals surface area (Å²) < 4.78 is 13.0. The monoisotopic (exact) mass is 321 g/mol. The first-order chi connectivity index (χ1) is 10.5. The van der Waals surface area contributed by atoms with Crippen molar-refractivity contribution in [3.63, 3.8) is 0 Å². The molecule has 0 aliphatic heterocycles. The standard InChI is InChI=1S/C15H13ClFN3O2/c16-11-7-9(5-6-12(11)17)19-8-14(21)20-13-4-2-1-3-10(13)15(18)22/h1-7,19H,8H2,(H2,18,22)(H,20,21). The molecule has 0 heterocycles. The largest absolute Gasteiger partial charge is 0.376 e. The highest BCUT2D eigenvalue weighted by atomic mass is 35.5. The van der Waals surface area contributed by atoms with E-state index in [9.17, 15) is 14.0 Å². The zero-order chi connectivity index (χ0) is 16.1. The molecule has 2 rings (SSSR count). The van der Waals surface area contributed by atoms with Gasteiger partial charge in [0.05, 0.1) is 22.8 Å². The van der Waals surface area contributed by atoms with Gasteiger partial charge >= 0.3 is 0 Å². The zero-order valence-electron chi connectivity index (χ0n) is 11.4. The van der Waals surface area contributed by atoms with Crippen LogP contribution >= 0.6 is 11.6 Å². The van der Waals surface area contributed by atoms with Gasteiger partial charge in [0.15, 0.2) is 0 Å². The minimum absolute atomic E-state index is 0.0375. The number of rotatable bonds is 5. The third-order valence-corrected chi connectivity index (χ3v) is 3.13. The van der Waals surface area contributed by atoms with Crippen molar-refractivity contribution < 1.29 is 14.0 Å². The highest BCUT2D eigenvalue weighted by Gasteiger charge is 2.10. The van der Waals surface area contributed by atoms with Crippen LogP contribution in [-0.2, 0) is 4.79 Å². The lowest BCUT2D eigenvalue weighted by molar-refractivity contribution is -0.114. The van der Waals surface area contributed by atoms with Gasteiger partial charge < -0.3 is 16.4 Å². The van der Waals surface area contributed by atoms with Gasteiger partial charge in [0.25, 0.3) is 5.91 Å². The Labute approximate surface area is 131 Å². The van der Waals surface area contributed by atoms with E-state index in [0.29, 0.717) is 11.4 Å². The second kappa shape index (κ2) is 6.91. The lowest BCUT2D eigenvalue weighted by Crippen LogP contribution is -2.24. The first-order valence-corrected chi connectivity index (χ1v) is 6.73. The number of primary amides is 1. The molecule has 0 unspecified atom stereocenters. The summed E-state index contributed by atoms with van der Waals surface area (Å²) in [6.07, 6.45) is 0. The summed E-state index contributed by atoms with van der Waals surface area (Å²) in [5, 5.41) is 5.34. The molecule has 0 aliphatic rings. The fourth-order valence-corrected chi connectivity index (χ4v) is 1.97. The summed E-state index contributed by atoms with van der Waals surface area (Å²) in [7, 11) is 0. The van der Waals surface area contributed by atoms with Gasteiger partial charge in [-0.1, -0.05) is 23.7 Å². The van der Waals surface area contributed by atoms with Gasteiger partial charge in [-0.2, -0.15) is 0 Å². The molecule has 0 fully saturated rings. The SMILES string of the molecule is NC(=O)c1ccccc1NC(=O)CNc1ccc(F)c(Cl)c1. The van der Waals surface area contributed by atoms with Crippen LogP contribution in [0.4, 0.5) is 15.8 Å². The third-order valence-electron chi connectivity index (χ3n) is 2.84. The topological polar surface area (TPSA) is 84.2 Å². The molecule has 22 heavy (non-hydrogen) atoms. The number of halogens is 2. The molecule has 7 heteroatoms. The number of hydrogen-bond donors (Lipinski definition) is 3. The number of nitrogens with two attached hydrogens (primary N) is 1. The van der Waals surface area contributed by atoms with Crippen LogP contribution in [0.3, 0.4) is 0 Å². The molecule has 2 aromatic carbocycles. The summed E-state index contributed by atoms with van der Waals surface area (Å²) in [5.41, 5.74) is 6.29. The van der Waals surface area contributed by atoms with Crippen molar-refractivity contribution in [2.75, 3.05) is 17.2 Å². The number of nitrogens with one attached hydrogen (secondary N) is 2. The first kappa shape index (κ1) is 15.8. The molecule has 114 valence electrons. The number of benzene rings is 2. The second-order valence-corrected chi connectivity index (χ2v) is 4.85. The third kappa shape index (κ3) is 3.95. The molecule has 2 amide bonds. The lowest BCUT2D eigenvalue weighted by Gasteiger charge is -2.10. The van der Waals surface area contributed by atoms with Crippen LogP contribution in [0.5, 0.6) is 0 Å². The number of amides is 2. The Bertz CT molecular complexity index is 722. The number of anilines is 2. The second-order valence-electron chi connectivity index (χ2n) is 4.44. The van der Waals surface area contributed by atoms with Gasteiger partial charge in [-0.05, 0) is 30.3 Å². The highest BCUT2D eigenvalue weighted by Crippen LogP contribution is 2.19. The van der Waals surface area contributed by atoms with E-state index in [1.54, 1.807) is 18.2 Å². The summed E-state index contributed by atoms with van der Waals surface area (Å²) in [4.78, 5) is 23.1. The van der Waals surface area contributed by atoms with Crippen LogP contribution in [0.1, 0.15) is 10.4 Å². The molecule has 0 aromatic heterocycles. The molecule has 0 saturated carbocycles. The Morgan fingerprint density at radius 1 is 1.18 bits per heavy atom. The minimum Gasteiger partial charge on any atom is -0.376 e. The van der Waals surface area contributed by atoms with Gasteiger partial charge in [0.2, 0.25) is 5.91 Å². The molecule has 4 N–H and O–H groups in total. The van der Waals surface area contributed by atoms with E-state index in [1.165, 1.54) is 24.3 Å². The normalized spacial score (nSPS) is 10.1. The maximum atomic E-state index is 13.0. The van der Waals surface area contributed by atoms with Crippen LogP contribution in [0, 0.1) is 5.82 Å². The quantitative estimate of drug-likeness (QED) is 0.791. The first-order valence-electron chi connectivity index (χ1n) is 6.35. The number of carbonyl (C=O) groups is 2. The molecule has 0 saturated heterocycles. The molecule has 0 radical (unpaired) electrons. The van der Waals surface area contributed by atoms with E-state index < -0.39 is 11.7 Å². The molecule has 0 aliphatic carbocycles. The summed E-state index contributed by atoms with van der Waals surface area (Å²) >= 11 is 5.65. The van der Waals surface area contributed by atoms with E-state index in [2.05, 4.69) is 10.6 Å². The van der Waals surface area contributed by atoms with Crippen molar-refractivity contribution in [2.45, 2.75) is 0 Å². The van der Waals surface area contributed by atoms with Crippen LogP contribution in [0.25, 0.3) is 0 Å². The molecule has 0 bridgehead atoms. The maximum Gasteiger partial charge on any atom is 0.250 e. The smallest absolute Gasteiger partial charge is 0.250 e. The van der Waals surface area contributed by atoms with Gasteiger partial charge in [-0.25, -0.2) is 4.39 Å². The Morgan fingerprint density at radius 2 is 1.91 bits per heavy atom. The van der Waals surface area contributed by atoms with E-state index in [0.717, 1.165) is 0 Å². The predicted molar refractivity (Wildman–Crippen MR) is 83.5 cm³/mol. The Balaban J connectivity index is 1.99. The van der Waals surface area contributed by atoms with Crippen molar-refractivity contribution in [3.05, 3.63) is 58.9 Å². The van der Waals surface area contributed by atoms with Gasteiger partial charge in [0, 0.05) is 5.69 Å². The Hall–Kier alpha value is -2.60. The highest BCUT2D eigenvalue weighted by molar-refractivity contribution is 6.31. The Kier molecular flexibility index (Phi) is 4.95. The average Bonchev–Trinajstić information content (AvgIpc) is 2.49. The van der Waals surface area contributed by atoms with Gasteiger partial charge in [0.1, 0.15) is 5.82 Å². The maximum absolute atomic E-state index is 13.0. The number of hydrogen-bond acceptors (Lipinski definition) is 3. The summed E-state index contributed by atoms with van der Waals surface area (Å²) in [6.45, 7) is -0.0743. The molecular weight excluding hydrogens is 309 g/mol. The minimum atomic E-state index is -0.630. The number of para-hydroxylation sites is 1. The zero-order valence-corrected chi connectivity index (χ0v) is 12.2. The van der Waals surface area contributed by atoms with E-state index in [4.69, 9.17) is 17.3 Å². The van der Waals surface area contributed by atoms with Crippen molar-refractivity contribution in [1.82, 2.24) is 0 Å². The molecular formula is C15H13ClFN3O2. The van der Waals surface area contributed by atoms with Crippen molar-refractivity contribution in [2.24, 2.45) is 5.73 Å². The fourth-order valence-electron chi connectivity index (χ4n) is 1.79. The Morgan fingerprint density at radius 3 is 2.59 bits per heavy atom. The molecule has 0 spiro atoms. The summed E-state index contributed by atoms with van der Waals surface area (Å²) in [5.74, 6) is -1.55.